The van der Waals surface area contributed by atoms with E-state index in [-0.39, 0.29) is 16.7 Å². The number of carbonyl (C=O) groups is 1. The van der Waals surface area contributed by atoms with Crippen LogP contribution in [0.5, 0.6) is 0 Å². The molecule has 0 unspecified atom stereocenters. The quantitative estimate of drug-likeness (QED) is 0.645. The molecule has 0 bridgehead atoms. The number of anilines is 1. The van der Waals surface area contributed by atoms with Crippen molar-refractivity contribution in [2.75, 3.05) is 18.5 Å². The lowest BCUT2D eigenvalue weighted by molar-refractivity contribution is -0.120. The van der Waals surface area contributed by atoms with Crippen LogP contribution in [-0.2, 0) is 19.4 Å². The van der Waals surface area contributed by atoms with Gasteiger partial charge in [-0.3, -0.25) is 9.59 Å². The van der Waals surface area contributed by atoms with Crippen molar-refractivity contribution in [2.24, 2.45) is 5.92 Å². The van der Waals surface area contributed by atoms with Gasteiger partial charge in [-0.2, -0.15) is 0 Å². The first-order valence-corrected chi connectivity index (χ1v) is 13.0. The molecule has 1 N–H and O–H groups in total. The second-order valence-corrected chi connectivity index (χ2v) is 11.9. The second-order valence-electron chi connectivity index (χ2n) is 8.05. The predicted molar refractivity (Wildman–Crippen MR) is 119 cm³/mol. The van der Waals surface area contributed by atoms with E-state index < -0.39 is 26.7 Å². The first-order chi connectivity index (χ1) is 14.8. The van der Waals surface area contributed by atoms with Crippen LogP contribution < -0.4 is 10.9 Å². The zero-order chi connectivity index (χ0) is 22.2. The molecule has 1 aliphatic heterocycles. The zero-order valence-corrected chi connectivity index (χ0v) is 19.4. The summed E-state index contributed by atoms with van der Waals surface area (Å²) in [4.78, 5) is 30.4. The van der Waals surface area contributed by atoms with Crippen LogP contribution in [0.4, 0.5) is 5.13 Å². The van der Waals surface area contributed by atoms with E-state index in [4.69, 9.17) is 16.3 Å². The molecule has 1 aliphatic carbocycles. The highest BCUT2D eigenvalue weighted by Gasteiger charge is 2.38. The summed E-state index contributed by atoms with van der Waals surface area (Å²) >= 11 is 7.05. The number of ether oxygens (including phenoxy) is 1. The second kappa shape index (κ2) is 9.01. The van der Waals surface area contributed by atoms with Crippen LogP contribution in [0, 0.1) is 12.8 Å². The molecule has 2 aliphatic rings. The molecular weight excluding hydrogens is 462 g/mol. The third-order valence-electron chi connectivity index (χ3n) is 5.75. The Morgan fingerprint density at radius 1 is 1.32 bits per heavy atom. The fourth-order valence-electron chi connectivity index (χ4n) is 3.95. The Bertz CT molecular complexity index is 1130. The van der Waals surface area contributed by atoms with Gasteiger partial charge in [0.1, 0.15) is 10.4 Å². The van der Waals surface area contributed by atoms with E-state index in [9.17, 15) is 18.0 Å². The first-order valence-electron chi connectivity index (χ1n) is 10.2. The number of sulfone groups is 1. The number of rotatable bonds is 7. The minimum atomic E-state index is -3.50. The molecule has 168 valence electrons. The SMILES string of the molecule is Cc1cc(S(=O)(=O)C2CC2)cc(=O)n1[C@@H](CC1CCOCC1)C(=O)Nc1ncc(Cl)s1. The lowest BCUT2D eigenvalue weighted by Crippen LogP contribution is -2.37. The Morgan fingerprint density at radius 3 is 2.61 bits per heavy atom. The Hall–Kier alpha value is -1.75. The van der Waals surface area contributed by atoms with Crippen LogP contribution in [0.15, 0.2) is 28.0 Å². The number of amides is 1. The zero-order valence-electron chi connectivity index (χ0n) is 17.0. The van der Waals surface area contributed by atoms with Gasteiger partial charge in [0, 0.05) is 25.0 Å². The smallest absolute Gasteiger partial charge is 0.252 e. The van der Waals surface area contributed by atoms with Crippen LogP contribution >= 0.6 is 22.9 Å². The van der Waals surface area contributed by atoms with Crippen molar-refractivity contribution in [2.45, 2.75) is 55.2 Å². The molecule has 1 atom stereocenters. The fraction of sp³-hybridized carbons (Fsp3) is 0.550. The summed E-state index contributed by atoms with van der Waals surface area (Å²) in [5, 5.41) is 2.70. The summed E-state index contributed by atoms with van der Waals surface area (Å²) < 4.78 is 32.5. The first kappa shape index (κ1) is 22.4. The van der Waals surface area contributed by atoms with E-state index in [0.29, 0.717) is 47.6 Å². The van der Waals surface area contributed by atoms with Crippen LogP contribution in [-0.4, -0.2) is 42.3 Å². The van der Waals surface area contributed by atoms with Crippen LogP contribution in [0.1, 0.15) is 43.8 Å². The van der Waals surface area contributed by atoms with Crippen molar-refractivity contribution in [1.29, 1.82) is 0 Å². The molecular formula is C20H24ClN3O5S2. The highest BCUT2D eigenvalue weighted by atomic mass is 35.5. The van der Waals surface area contributed by atoms with Gasteiger partial charge in [0.2, 0.25) is 5.91 Å². The van der Waals surface area contributed by atoms with E-state index in [0.717, 1.165) is 30.2 Å². The average Bonchev–Trinajstić information content (AvgIpc) is 3.51. The monoisotopic (exact) mass is 485 g/mol. The highest BCUT2D eigenvalue weighted by Crippen LogP contribution is 2.34. The molecule has 0 radical (unpaired) electrons. The molecule has 0 spiro atoms. The number of carbonyl (C=O) groups excluding carboxylic acids is 1. The molecule has 1 saturated heterocycles. The average molecular weight is 486 g/mol. The molecule has 1 saturated carbocycles. The van der Waals surface area contributed by atoms with Gasteiger partial charge in [-0.05, 0) is 51.0 Å². The normalized spacial score (nSPS) is 18.6. The third-order valence-corrected chi connectivity index (χ3v) is 9.02. The van der Waals surface area contributed by atoms with E-state index >= 15 is 0 Å². The van der Waals surface area contributed by atoms with E-state index in [1.807, 2.05) is 0 Å². The maximum Gasteiger partial charge on any atom is 0.252 e. The molecule has 0 aromatic carbocycles. The summed E-state index contributed by atoms with van der Waals surface area (Å²) in [6, 6.07) is 1.85. The summed E-state index contributed by atoms with van der Waals surface area (Å²) in [5.74, 6) is -0.161. The van der Waals surface area contributed by atoms with Crippen molar-refractivity contribution in [1.82, 2.24) is 9.55 Å². The largest absolute Gasteiger partial charge is 0.381 e. The molecule has 4 rings (SSSR count). The number of nitrogens with zero attached hydrogens (tertiary/aromatic N) is 2. The molecule has 2 aromatic rings. The van der Waals surface area contributed by atoms with Gasteiger partial charge in [-0.15, -0.1) is 0 Å². The van der Waals surface area contributed by atoms with E-state index in [1.54, 1.807) is 6.92 Å². The summed E-state index contributed by atoms with van der Waals surface area (Å²) in [5.41, 5.74) is -0.0558. The molecule has 8 nitrogen and oxygen atoms in total. The standard InChI is InChI=1S/C20H24ClN3O5S2/c1-12-8-15(31(27,28)14-2-3-14)10-18(25)24(12)16(9-13-4-6-29-7-5-13)19(26)23-20-22-11-17(21)30-20/h8,10-11,13-14,16H,2-7,9H2,1H3,(H,22,23,26)/t16-/m0/s1. The topological polar surface area (TPSA) is 107 Å². The summed E-state index contributed by atoms with van der Waals surface area (Å²) in [6.07, 6.45) is 4.74. The number of hydrogen-bond acceptors (Lipinski definition) is 7. The Labute approximate surface area is 189 Å². The molecule has 11 heteroatoms. The number of pyridine rings is 1. The van der Waals surface area contributed by atoms with Crippen LogP contribution in [0.25, 0.3) is 0 Å². The van der Waals surface area contributed by atoms with Crippen molar-refractivity contribution < 1.29 is 17.9 Å². The third kappa shape index (κ3) is 5.02. The molecule has 3 heterocycles. The van der Waals surface area contributed by atoms with Gasteiger partial charge in [0.05, 0.1) is 16.3 Å². The molecule has 2 fully saturated rings. The number of thiazole rings is 1. The van der Waals surface area contributed by atoms with Crippen molar-refractivity contribution in [3.8, 4) is 0 Å². The maximum atomic E-state index is 13.2. The number of aromatic nitrogens is 2. The molecule has 31 heavy (non-hydrogen) atoms. The van der Waals surface area contributed by atoms with Gasteiger partial charge >= 0.3 is 0 Å². The van der Waals surface area contributed by atoms with Crippen molar-refractivity contribution >= 4 is 43.8 Å². The van der Waals surface area contributed by atoms with E-state index in [2.05, 4.69) is 10.3 Å². The lowest BCUT2D eigenvalue weighted by atomic mass is 9.91. The highest BCUT2D eigenvalue weighted by molar-refractivity contribution is 7.92. The number of aryl methyl sites for hydroxylation is 1. The number of hydrogen-bond donors (Lipinski definition) is 1. The van der Waals surface area contributed by atoms with Gasteiger partial charge in [-0.1, -0.05) is 22.9 Å². The van der Waals surface area contributed by atoms with E-state index in [1.165, 1.54) is 16.8 Å². The maximum absolute atomic E-state index is 13.2. The summed E-state index contributed by atoms with van der Waals surface area (Å²) in [6.45, 7) is 2.90. The predicted octanol–water partition coefficient (Wildman–Crippen LogP) is 3.20. The van der Waals surface area contributed by atoms with Crippen molar-refractivity contribution in [3.05, 3.63) is 38.7 Å². The van der Waals surface area contributed by atoms with Gasteiger partial charge < -0.3 is 14.6 Å². The lowest BCUT2D eigenvalue weighted by Gasteiger charge is -2.28. The minimum Gasteiger partial charge on any atom is -0.381 e. The van der Waals surface area contributed by atoms with Crippen LogP contribution in [0.3, 0.4) is 0 Å². The fourth-order valence-corrected chi connectivity index (χ4v) is 6.50. The Balaban J connectivity index is 1.68. The van der Waals surface area contributed by atoms with Gasteiger partial charge in [0.25, 0.3) is 5.56 Å². The molecule has 2 aromatic heterocycles. The number of halogens is 1. The van der Waals surface area contributed by atoms with Crippen LogP contribution in [0.2, 0.25) is 4.34 Å². The Morgan fingerprint density at radius 2 is 2.03 bits per heavy atom. The van der Waals surface area contributed by atoms with Gasteiger partial charge in [-0.25, -0.2) is 13.4 Å². The summed E-state index contributed by atoms with van der Waals surface area (Å²) in [7, 11) is -3.50. The minimum absolute atomic E-state index is 0.0330. The van der Waals surface area contributed by atoms with Gasteiger partial charge in [0.15, 0.2) is 15.0 Å². The number of nitrogens with one attached hydrogen (secondary N) is 1. The van der Waals surface area contributed by atoms with Crippen molar-refractivity contribution in [3.63, 3.8) is 0 Å². The Kier molecular flexibility index (Phi) is 6.52. The molecule has 1 amide bonds.